The molecule has 7 nitrogen and oxygen atoms in total. The number of hydrogen-bond acceptors (Lipinski definition) is 6. The van der Waals surface area contributed by atoms with Crippen LogP contribution in [0.1, 0.15) is 56.8 Å². The Morgan fingerprint density at radius 1 is 1.26 bits per heavy atom. The standard InChI is InChI=1S/C22H27BrN2O5S/c1-4-14-8-6-7-11-25(14)17(27)12-30-19-16(23)10-9-15-18(22(28)29-5-2)21(24-13(3)26)31-20(15)19/h9-10,14H,4-8,11-12H2,1-3H3,(H,24,26)/t14-/m0/s1. The Morgan fingerprint density at radius 2 is 2.03 bits per heavy atom. The Morgan fingerprint density at radius 3 is 2.71 bits per heavy atom. The number of carbonyl (C=O) groups is 3. The number of carbonyl (C=O) groups excluding carboxylic acids is 3. The number of ether oxygens (including phenoxy) is 2. The molecule has 0 spiro atoms. The summed E-state index contributed by atoms with van der Waals surface area (Å²) in [5.41, 5.74) is 0.294. The zero-order chi connectivity index (χ0) is 22.5. The van der Waals surface area contributed by atoms with Crippen LogP contribution in [0.25, 0.3) is 10.1 Å². The third-order valence-electron chi connectivity index (χ3n) is 5.29. The van der Waals surface area contributed by atoms with Crippen LogP contribution in [0.4, 0.5) is 5.00 Å². The summed E-state index contributed by atoms with van der Waals surface area (Å²) in [4.78, 5) is 39.0. The van der Waals surface area contributed by atoms with Crippen LogP contribution >= 0.6 is 27.3 Å². The summed E-state index contributed by atoms with van der Waals surface area (Å²) in [6.45, 7) is 6.10. The molecule has 1 N–H and O–H groups in total. The zero-order valence-corrected chi connectivity index (χ0v) is 20.4. The molecule has 1 aliphatic rings. The maximum Gasteiger partial charge on any atom is 0.341 e. The maximum atomic E-state index is 12.9. The minimum absolute atomic E-state index is 0.0419. The molecule has 2 heterocycles. The van der Waals surface area contributed by atoms with Crippen molar-refractivity contribution in [2.24, 2.45) is 0 Å². The minimum Gasteiger partial charge on any atom is -0.481 e. The van der Waals surface area contributed by atoms with E-state index in [1.54, 1.807) is 19.1 Å². The van der Waals surface area contributed by atoms with Crippen molar-refractivity contribution in [2.45, 2.75) is 52.5 Å². The second kappa shape index (κ2) is 10.5. The van der Waals surface area contributed by atoms with Crippen LogP contribution in [-0.4, -0.2) is 48.5 Å². The fourth-order valence-corrected chi connectivity index (χ4v) is 5.68. The first-order valence-electron chi connectivity index (χ1n) is 10.5. The van der Waals surface area contributed by atoms with Gasteiger partial charge in [0.05, 0.1) is 15.8 Å². The van der Waals surface area contributed by atoms with Crippen molar-refractivity contribution in [3.8, 4) is 5.75 Å². The topological polar surface area (TPSA) is 84.9 Å². The van der Waals surface area contributed by atoms with Crippen LogP contribution < -0.4 is 10.1 Å². The predicted molar refractivity (Wildman–Crippen MR) is 125 cm³/mol. The van der Waals surface area contributed by atoms with Gasteiger partial charge in [-0.05, 0) is 54.6 Å². The molecule has 0 unspecified atom stereocenters. The summed E-state index contributed by atoms with van der Waals surface area (Å²) in [5.74, 6) is -0.367. The number of likely N-dealkylation sites (tertiary alicyclic amines) is 1. The van der Waals surface area contributed by atoms with E-state index >= 15 is 0 Å². The summed E-state index contributed by atoms with van der Waals surface area (Å²) < 4.78 is 12.5. The molecule has 1 aromatic heterocycles. The van der Waals surface area contributed by atoms with Crippen LogP contribution in [-0.2, 0) is 14.3 Å². The Kier molecular flexibility index (Phi) is 7.94. The molecular formula is C22H27BrN2O5S. The highest BCUT2D eigenvalue weighted by molar-refractivity contribution is 9.10. The second-order valence-corrected chi connectivity index (χ2v) is 9.27. The van der Waals surface area contributed by atoms with Gasteiger partial charge in [0, 0.05) is 24.9 Å². The van der Waals surface area contributed by atoms with Gasteiger partial charge in [0.25, 0.3) is 5.91 Å². The van der Waals surface area contributed by atoms with Gasteiger partial charge in [-0.3, -0.25) is 9.59 Å². The molecule has 0 radical (unpaired) electrons. The van der Waals surface area contributed by atoms with Gasteiger partial charge in [-0.2, -0.15) is 0 Å². The number of nitrogens with one attached hydrogen (secondary N) is 1. The molecule has 1 saturated heterocycles. The Labute approximate surface area is 194 Å². The number of halogens is 1. The van der Waals surface area contributed by atoms with Gasteiger partial charge < -0.3 is 19.7 Å². The molecule has 1 atom stereocenters. The Bertz CT molecular complexity index is 990. The van der Waals surface area contributed by atoms with Crippen LogP contribution in [0, 0.1) is 0 Å². The molecule has 0 bridgehead atoms. The molecule has 3 rings (SSSR count). The predicted octanol–water partition coefficient (Wildman–Crippen LogP) is 4.97. The fraction of sp³-hybridized carbons (Fsp3) is 0.500. The highest BCUT2D eigenvalue weighted by atomic mass is 79.9. The van der Waals surface area contributed by atoms with E-state index in [2.05, 4.69) is 28.2 Å². The first kappa shape index (κ1) is 23.5. The lowest BCUT2D eigenvalue weighted by molar-refractivity contribution is -0.137. The molecule has 1 aromatic carbocycles. The van der Waals surface area contributed by atoms with Crippen LogP contribution in [0.2, 0.25) is 0 Å². The van der Waals surface area contributed by atoms with Crippen LogP contribution in [0.5, 0.6) is 5.75 Å². The Hall–Kier alpha value is -2.13. The van der Waals surface area contributed by atoms with Crippen LogP contribution in [0.3, 0.4) is 0 Å². The first-order chi connectivity index (χ1) is 14.9. The second-order valence-electron chi connectivity index (χ2n) is 7.39. The van der Waals surface area contributed by atoms with E-state index in [-0.39, 0.29) is 31.1 Å². The van der Waals surface area contributed by atoms with E-state index in [9.17, 15) is 14.4 Å². The van der Waals surface area contributed by atoms with Crippen molar-refractivity contribution < 1.29 is 23.9 Å². The summed E-state index contributed by atoms with van der Waals surface area (Å²) >= 11 is 4.72. The molecule has 9 heteroatoms. The van der Waals surface area contributed by atoms with Gasteiger partial charge in [0.2, 0.25) is 5.91 Å². The van der Waals surface area contributed by atoms with Gasteiger partial charge in [0.1, 0.15) is 10.6 Å². The molecule has 2 amide bonds. The minimum atomic E-state index is -0.513. The summed E-state index contributed by atoms with van der Waals surface area (Å²) in [6, 6.07) is 3.80. The van der Waals surface area contributed by atoms with E-state index in [1.165, 1.54) is 18.3 Å². The van der Waals surface area contributed by atoms with Crippen molar-refractivity contribution in [1.82, 2.24) is 4.90 Å². The Balaban J connectivity index is 1.93. The average Bonchev–Trinajstić information content (AvgIpc) is 3.10. The van der Waals surface area contributed by atoms with Crippen molar-refractivity contribution in [3.05, 3.63) is 22.2 Å². The van der Waals surface area contributed by atoms with Gasteiger partial charge in [-0.1, -0.05) is 13.0 Å². The lowest BCUT2D eigenvalue weighted by atomic mass is 10.00. The fourth-order valence-electron chi connectivity index (χ4n) is 3.87. The smallest absolute Gasteiger partial charge is 0.341 e. The number of piperidine rings is 1. The van der Waals surface area contributed by atoms with E-state index in [0.717, 1.165) is 32.2 Å². The van der Waals surface area contributed by atoms with E-state index < -0.39 is 5.97 Å². The quantitative estimate of drug-likeness (QED) is 0.531. The number of nitrogens with zero attached hydrogens (tertiary/aromatic N) is 1. The number of anilines is 1. The van der Waals surface area contributed by atoms with Crippen molar-refractivity contribution in [1.29, 1.82) is 0 Å². The number of benzene rings is 1. The number of fused-ring (bicyclic) bond motifs is 1. The first-order valence-corrected chi connectivity index (χ1v) is 12.1. The number of rotatable bonds is 7. The van der Waals surface area contributed by atoms with Crippen LogP contribution in [0.15, 0.2) is 16.6 Å². The van der Waals surface area contributed by atoms with Gasteiger partial charge in [-0.25, -0.2) is 4.79 Å². The maximum absolute atomic E-state index is 12.9. The van der Waals surface area contributed by atoms with E-state index in [0.29, 0.717) is 30.9 Å². The number of esters is 1. The molecule has 31 heavy (non-hydrogen) atoms. The highest BCUT2D eigenvalue weighted by Crippen LogP contribution is 2.44. The zero-order valence-electron chi connectivity index (χ0n) is 18.0. The molecule has 1 fully saturated rings. The number of amides is 2. The summed E-state index contributed by atoms with van der Waals surface area (Å²) in [5, 5.41) is 3.73. The molecule has 168 valence electrons. The molecular weight excluding hydrogens is 484 g/mol. The average molecular weight is 511 g/mol. The SMILES string of the molecule is CCOC(=O)c1c(NC(C)=O)sc2c(OCC(=O)N3CCCC[C@@H]3CC)c(Br)ccc12. The number of thiophene rings is 1. The van der Waals surface area contributed by atoms with E-state index in [1.807, 2.05) is 4.90 Å². The number of hydrogen-bond donors (Lipinski definition) is 1. The lowest BCUT2D eigenvalue weighted by Crippen LogP contribution is -2.45. The normalized spacial score (nSPS) is 16.3. The molecule has 0 aliphatic carbocycles. The summed E-state index contributed by atoms with van der Waals surface area (Å²) in [7, 11) is 0. The van der Waals surface area contributed by atoms with Crippen molar-refractivity contribution in [3.63, 3.8) is 0 Å². The van der Waals surface area contributed by atoms with Crippen molar-refractivity contribution >= 4 is 60.1 Å². The van der Waals surface area contributed by atoms with Gasteiger partial charge >= 0.3 is 5.97 Å². The highest BCUT2D eigenvalue weighted by Gasteiger charge is 2.27. The molecule has 2 aromatic rings. The van der Waals surface area contributed by atoms with Crippen molar-refractivity contribution in [2.75, 3.05) is 25.1 Å². The molecule has 0 saturated carbocycles. The monoisotopic (exact) mass is 510 g/mol. The van der Waals surface area contributed by atoms with Gasteiger partial charge in [-0.15, -0.1) is 11.3 Å². The van der Waals surface area contributed by atoms with Gasteiger partial charge in [0.15, 0.2) is 12.4 Å². The van der Waals surface area contributed by atoms with E-state index in [4.69, 9.17) is 9.47 Å². The third kappa shape index (κ3) is 5.20. The lowest BCUT2D eigenvalue weighted by Gasteiger charge is -2.35. The molecule has 1 aliphatic heterocycles. The largest absolute Gasteiger partial charge is 0.481 e. The third-order valence-corrected chi connectivity index (χ3v) is 7.04. The summed E-state index contributed by atoms with van der Waals surface area (Å²) in [6.07, 6.45) is 4.11.